The summed E-state index contributed by atoms with van der Waals surface area (Å²) in [7, 11) is 0. The molecule has 1 heterocycles. The molecule has 0 amide bonds. The van der Waals surface area contributed by atoms with Gasteiger partial charge in [-0.15, -0.1) is 0 Å². The Bertz CT molecular complexity index is 581. The lowest BCUT2D eigenvalue weighted by Crippen LogP contribution is -2.08. The molecule has 0 saturated heterocycles. The molecule has 3 nitrogen and oxygen atoms in total. The van der Waals surface area contributed by atoms with Crippen LogP contribution in [0.25, 0.3) is 0 Å². The molecule has 2 aromatic rings. The van der Waals surface area contributed by atoms with Gasteiger partial charge in [0.1, 0.15) is 5.82 Å². The third-order valence-corrected chi connectivity index (χ3v) is 2.46. The fourth-order valence-electron chi connectivity index (χ4n) is 1.57. The van der Waals surface area contributed by atoms with Gasteiger partial charge in [0.05, 0.1) is 17.0 Å². The molecular formula is C13H11FN2O. The Morgan fingerprint density at radius 2 is 1.82 bits per heavy atom. The second kappa shape index (κ2) is 4.41. The van der Waals surface area contributed by atoms with Gasteiger partial charge in [-0.2, -0.15) is 10.2 Å². The summed E-state index contributed by atoms with van der Waals surface area (Å²) in [4.78, 5) is 12.1. The van der Waals surface area contributed by atoms with Crippen LogP contribution >= 0.6 is 0 Å². The Hall–Kier alpha value is -2.10. The molecule has 17 heavy (non-hydrogen) atoms. The fraction of sp³-hybridized carbons (Fsp3) is 0.154. The largest absolute Gasteiger partial charge is 0.288 e. The first-order chi connectivity index (χ1) is 8.09. The van der Waals surface area contributed by atoms with E-state index in [1.54, 1.807) is 32.0 Å². The van der Waals surface area contributed by atoms with Crippen LogP contribution in [0.1, 0.15) is 27.3 Å². The van der Waals surface area contributed by atoms with Gasteiger partial charge in [-0.3, -0.25) is 4.79 Å². The van der Waals surface area contributed by atoms with Crippen LogP contribution in [0.3, 0.4) is 0 Å². The van der Waals surface area contributed by atoms with Gasteiger partial charge >= 0.3 is 0 Å². The molecule has 4 heteroatoms. The second-order valence-corrected chi connectivity index (χ2v) is 3.79. The second-order valence-electron chi connectivity index (χ2n) is 3.79. The van der Waals surface area contributed by atoms with Gasteiger partial charge in [0.15, 0.2) is 5.78 Å². The molecule has 0 aliphatic carbocycles. The molecule has 1 aromatic carbocycles. The van der Waals surface area contributed by atoms with Crippen LogP contribution in [-0.4, -0.2) is 16.0 Å². The Labute approximate surface area is 98.3 Å². The maximum Gasteiger partial charge on any atom is 0.197 e. The monoisotopic (exact) mass is 230 g/mol. The molecule has 0 radical (unpaired) electrons. The molecule has 0 fully saturated rings. The van der Waals surface area contributed by atoms with Crippen molar-refractivity contribution in [3.63, 3.8) is 0 Å². The summed E-state index contributed by atoms with van der Waals surface area (Å²) in [6, 6.07) is 7.54. The van der Waals surface area contributed by atoms with Crippen molar-refractivity contribution < 1.29 is 9.18 Å². The number of ketones is 1. The lowest BCUT2D eigenvalue weighted by molar-refractivity contribution is 0.103. The van der Waals surface area contributed by atoms with Gasteiger partial charge in [0.25, 0.3) is 0 Å². The van der Waals surface area contributed by atoms with E-state index in [-0.39, 0.29) is 11.3 Å². The highest BCUT2D eigenvalue weighted by molar-refractivity contribution is 6.09. The molecule has 1 aromatic heterocycles. The summed E-state index contributed by atoms with van der Waals surface area (Å²) >= 11 is 0. The number of hydrogen-bond acceptors (Lipinski definition) is 3. The molecular weight excluding hydrogens is 219 g/mol. The van der Waals surface area contributed by atoms with Gasteiger partial charge in [0.2, 0.25) is 0 Å². The van der Waals surface area contributed by atoms with E-state index in [0.717, 1.165) is 0 Å². The number of halogens is 1. The maximum absolute atomic E-state index is 13.5. The van der Waals surface area contributed by atoms with Crippen LogP contribution in [0.2, 0.25) is 0 Å². The summed E-state index contributed by atoms with van der Waals surface area (Å²) in [5.74, 6) is -0.884. The number of aromatic nitrogens is 2. The molecule has 0 atom stereocenters. The van der Waals surface area contributed by atoms with Crippen molar-refractivity contribution in [1.82, 2.24) is 10.2 Å². The standard InChI is InChI=1S/C13H11FN2O/c1-8-7-11(9(2)16-15-8)13(17)10-5-3-4-6-12(10)14/h3-7H,1-2H3. The van der Waals surface area contributed by atoms with Gasteiger partial charge in [-0.25, -0.2) is 4.39 Å². The highest BCUT2D eigenvalue weighted by Crippen LogP contribution is 2.15. The Balaban J connectivity index is 2.51. The number of benzene rings is 1. The highest BCUT2D eigenvalue weighted by atomic mass is 19.1. The van der Waals surface area contributed by atoms with Crippen LogP contribution in [-0.2, 0) is 0 Å². The van der Waals surface area contributed by atoms with Crippen LogP contribution in [0, 0.1) is 19.7 Å². The van der Waals surface area contributed by atoms with E-state index in [9.17, 15) is 9.18 Å². The summed E-state index contributed by atoms with van der Waals surface area (Å²) in [6.45, 7) is 3.42. The number of carbonyl (C=O) groups is 1. The first-order valence-electron chi connectivity index (χ1n) is 5.20. The molecule has 0 saturated carbocycles. The summed E-state index contributed by atoms with van der Waals surface area (Å²) in [5.41, 5.74) is 1.59. The average molecular weight is 230 g/mol. The van der Waals surface area contributed by atoms with Crippen molar-refractivity contribution in [2.75, 3.05) is 0 Å². The van der Waals surface area contributed by atoms with E-state index < -0.39 is 5.82 Å². The zero-order valence-corrected chi connectivity index (χ0v) is 9.57. The molecule has 0 N–H and O–H groups in total. The Morgan fingerprint density at radius 1 is 1.12 bits per heavy atom. The topological polar surface area (TPSA) is 42.9 Å². The molecule has 0 aliphatic heterocycles. The summed E-state index contributed by atoms with van der Waals surface area (Å²) < 4.78 is 13.5. The number of rotatable bonds is 2. The first-order valence-corrected chi connectivity index (χ1v) is 5.20. The lowest BCUT2D eigenvalue weighted by Gasteiger charge is -2.05. The van der Waals surface area contributed by atoms with Crippen LogP contribution < -0.4 is 0 Å². The molecule has 86 valence electrons. The molecule has 0 unspecified atom stereocenters. The third kappa shape index (κ3) is 2.20. The number of hydrogen-bond donors (Lipinski definition) is 0. The van der Waals surface area contributed by atoms with E-state index in [0.29, 0.717) is 17.0 Å². The zero-order valence-electron chi connectivity index (χ0n) is 9.57. The van der Waals surface area contributed by atoms with E-state index in [1.807, 2.05) is 0 Å². The van der Waals surface area contributed by atoms with Crippen molar-refractivity contribution in [3.05, 3.63) is 58.7 Å². The minimum Gasteiger partial charge on any atom is -0.288 e. The minimum atomic E-state index is -0.522. The van der Waals surface area contributed by atoms with Gasteiger partial charge in [0, 0.05) is 5.56 Å². The number of aryl methyl sites for hydroxylation is 2. The summed E-state index contributed by atoms with van der Waals surface area (Å²) in [6.07, 6.45) is 0. The number of carbonyl (C=O) groups excluding carboxylic acids is 1. The normalized spacial score (nSPS) is 10.3. The first kappa shape index (κ1) is 11.4. The third-order valence-electron chi connectivity index (χ3n) is 2.46. The van der Waals surface area contributed by atoms with Gasteiger partial charge < -0.3 is 0 Å². The molecule has 2 rings (SSSR count). The highest BCUT2D eigenvalue weighted by Gasteiger charge is 2.16. The van der Waals surface area contributed by atoms with E-state index in [1.165, 1.54) is 12.1 Å². The fourth-order valence-corrected chi connectivity index (χ4v) is 1.57. The molecule has 0 spiro atoms. The van der Waals surface area contributed by atoms with Gasteiger partial charge in [-0.1, -0.05) is 12.1 Å². The van der Waals surface area contributed by atoms with Crippen molar-refractivity contribution in [2.24, 2.45) is 0 Å². The van der Waals surface area contributed by atoms with E-state index in [2.05, 4.69) is 10.2 Å². The van der Waals surface area contributed by atoms with Crippen molar-refractivity contribution in [3.8, 4) is 0 Å². The van der Waals surface area contributed by atoms with E-state index >= 15 is 0 Å². The predicted molar refractivity (Wildman–Crippen MR) is 61.3 cm³/mol. The van der Waals surface area contributed by atoms with Gasteiger partial charge in [-0.05, 0) is 32.0 Å². The maximum atomic E-state index is 13.5. The smallest absolute Gasteiger partial charge is 0.197 e. The zero-order chi connectivity index (χ0) is 12.4. The minimum absolute atomic E-state index is 0.0583. The predicted octanol–water partition coefficient (Wildman–Crippen LogP) is 2.46. The van der Waals surface area contributed by atoms with Crippen LogP contribution in [0.4, 0.5) is 4.39 Å². The quantitative estimate of drug-likeness (QED) is 0.744. The Morgan fingerprint density at radius 3 is 2.53 bits per heavy atom. The Kier molecular flexibility index (Phi) is 2.95. The van der Waals surface area contributed by atoms with Crippen LogP contribution in [0.15, 0.2) is 30.3 Å². The lowest BCUT2D eigenvalue weighted by atomic mass is 10.0. The van der Waals surface area contributed by atoms with Crippen LogP contribution in [0.5, 0.6) is 0 Å². The SMILES string of the molecule is Cc1cc(C(=O)c2ccccc2F)c(C)nn1. The summed E-state index contributed by atoms with van der Waals surface area (Å²) in [5, 5.41) is 7.70. The molecule has 0 bridgehead atoms. The van der Waals surface area contributed by atoms with Crippen molar-refractivity contribution >= 4 is 5.78 Å². The van der Waals surface area contributed by atoms with Crippen molar-refractivity contribution in [1.29, 1.82) is 0 Å². The molecule has 0 aliphatic rings. The van der Waals surface area contributed by atoms with E-state index in [4.69, 9.17) is 0 Å². The number of nitrogens with zero attached hydrogens (tertiary/aromatic N) is 2. The average Bonchev–Trinajstić information content (AvgIpc) is 2.32. The van der Waals surface area contributed by atoms with Crippen molar-refractivity contribution in [2.45, 2.75) is 13.8 Å².